The fourth-order valence-corrected chi connectivity index (χ4v) is 6.53. The molecular weight excluding hydrogens is 359 g/mol. The van der Waals surface area contributed by atoms with E-state index in [1.54, 1.807) is 11.1 Å². The van der Waals surface area contributed by atoms with E-state index in [1.165, 1.54) is 19.3 Å². The van der Waals surface area contributed by atoms with Gasteiger partial charge >= 0.3 is 0 Å². The lowest BCUT2D eigenvalue weighted by atomic mass is 9.55. The summed E-state index contributed by atoms with van der Waals surface area (Å²) in [5.74, 6) is 2.63. The van der Waals surface area contributed by atoms with Crippen LogP contribution in [-0.2, 0) is 11.2 Å². The lowest BCUT2D eigenvalue weighted by molar-refractivity contribution is -0.128. The molecule has 0 aliphatic heterocycles. The number of Topliss-reactive ketones (excluding diaryl/α,β-unsaturated/α-hetero) is 1. The number of benzene rings is 1. The van der Waals surface area contributed by atoms with E-state index in [4.69, 9.17) is 0 Å². The van der Waals surface area contributed by atoms with Gasteiger partial charge in [0.2, 0.25) is 0 Å². The van der Waals surface area contributed by atoms with Gasteiger partial charge in [-0.15, -0.1) is 0 Å². The first-order valence-corrected chi connectivity index (χ1v) is 9.12. The Bertz CT molecular complexity index is 566. The monoisotopic (exact) mass is 380 g/mol. The first kappa shape index (κ1) is 13.3. The number of ketones is 1. The zero-order valence-corrected chi connectivity index (χ0v) is 14.1. The molecule has 0 N–H and O–H groups in total. The fourth-order valence-electron chi connectivity index (χ4n) is 5.27. The Morgan fingerprint density at radius 3 is 2.90 bits per heavy atom. The van der Waals surface area contributed by atoms with E-state index < -0.39 is 0 Å². The molecule has 20 heavy (non-hydrogen) atoms. The Hall–Kier alpha value is -0.380. The lowest BCUT2D eigenvalue weighted by Crippen LogP contribution is -2.42. The maximum atomic E-state index is 12.6. The summed E-state index contributed by atoms with van der Waals surface area (Å²) < 4.78 is 0.263. The maximum Gasteiger partial charge on any atom is 0.151 e. The van der Waals surface area contributed by atoms with Crippen LogP contribution in [0.1, 0.15) is 49.7 Å². The van der Waals surface area contributed by atoms with E-state index in [-0.39, 0.29) is 9.34 Å². The molecule has 0 spiro atoms. The van der Waals surface area contributed by atoms with Gasteiger partial charge in [-0.2, -0.15) is 0 Å². The summed E-state index contributed by atoms with van der Waals surface area (Å²) >= 11 is 2.39. The highest BCUT2D eigenvalue weighted by atomic mass is 127. The quantitative estimate of drug-likeness (QED) is 0.478. The van der Waals surface area contributed by atoms with Gasteiger partial charge in [0, 0.05) is 5.41 Å². The highest BCUT2D eigenvalue weighted by Gasteiger charge is 2.57. The van der Waals surface area contributed by atoms with Gasteiger partial charge in [0.25, 0.3) is 0 Å². The standard InChI is InChI=1S/C18H21IO/c1-18-9-8-13-12-5-3-2-4-11(12)6-7-14(13)15(18)10-16(19)17(18)20/h2-5,13-16H,6-10H2,1H3/t13-,14-,15+,16-,18+/m1/s1. The molecular formula is C18H21IO. The Labute approximate surface area is 134 Å². The topological polar surface area (TPSA) is 17.1 Å². The molecule has 0 aromatic heterocycles. The molecule has 3 aliphatic rings. The molecule has 106 valence electrons. The summed E-state index contributed by atoms with van der Waals surface area (Å²) in [5, 5.41) is 0. The average Bonchev–Trinajstić information content (AvgIpc) is 2.71. The summed E-state index contributed by atoms with van der Waals surface area (Å²) in [7, 11) is 0. The van der Waals surface area contributed by atoms with E-state index >= 15 is 0 Å². The average molecular weight is 380 g/mol. The van der Waals surface area contributed by atoms with E-state index in [2.05, 4.69) is 53.8 Å². The second kappa shape index (κ2) is 4.56. The van der Waals surface area contributed by atoms with Gasteiger partial charge in [0.15, 0.2) is 5.78 Å². The van der Waals surface area contributed by atoms with E-state index in [9.17, 15) is 4.79 Å². The SMILES string of the molecule is C[C@]12CC[C@@H]3c4ccccc4CC[C@H]3[C@@H]1C[C@@H](I)C2=O. The normalized spacial score (nSPS) is 42.8. The second-order valence-corrected chi connectivity index (χ2v) is 8.64. The number of carbonyl (C=O) groups is 1. The molecule has 1 aromatic rings. The number of carbonyl (C=O) groups excluding carboxylic acids is 1. The maximum absolute atomic E-state index is 12.6. The van der Waals surface area contributed by atoms with E-state index in [0.29, 0.717) is 17.6 Å². The van der Waals surface area contributed by atoms with Gasteiger partial charge in [-0.25, -0.2) is 0 Å². The third-order valence-corrected chi connectivity index (χ3v) is 7.41. The molecule has 0 heterocycles. The van der Waals surface area contributed by atoms with Crippen molar-refractivity contribution in [3.63, 3.8) is 0 Å². The van der Waals surface area contributed by atoms with Crippen molar-refractivity contribution in [2.75, 3.05) is 0 Å². The van der Waals surface area contributed by atoms with E-state index in [1.807, 2.05) is 0 Å². The third-order valence-electron chi connectivity index (χ3n) is 6.34. The van der Waals surface area contributed by atoms with Crippen molar-refractivity contribution < 1.29 is 4.79 Å². The van der Waals surface area contributed by atoms with Gasteiger partial charge in [-0.1, -0.05) is 53.8 Å². The van der Waals surface area contributed by atoms with Crippen LogP contribution < -0.4 is 0 Å². The van der Waals surface area contributed by atoms with Crippen molar-refractivity contribution in [3.8, 4) is 0 Å². The fraction of sp³-hybridized carbons (Fsp3) is 0.611. The zero-order valence-electron chi connectivity index (χ0n) is 11.9. The van der Waals surface area contributed by atoms with Crippen molar-refractivity contribution in [1.82, 2.24) is 0 Å². The molecule has 1 aromatic carbocycles. The summed E-state index contributed by atoms with van der Waals surface area (Å²) in [6, 6.07) is 9.01. The highest BCUT2D eigenvalue weighted by Crippen LogP contribution is 2.60. The smallest absolute Gasteiger partial charge is 0.151 e. The number of halogens is 1. The molecule has 0 radical (unpaired) electrons. The minimum Gasteiger partial charge on any atom is -0.298 e. The van der Waals surface area contributed by atoms with Crippen LogP contribution in [0.15, 0.2) is 24.3 Å². The number of fused-ring (bicyclic) bond motifs is 5. The number of alkyl halides is 1. The van der Waals surface area contributed by atoms with Crippen molar-refractivity contribution in [1.29, 1.82) is 0 Å². The Morgan fingerprint density at radius 1 is 1.25 bits per heavy atom. The van der Waals surface area contributed by atoms with Gasteiger partial charge in [-0.3, -0.25) is 4.79 Å². The predicted octanol–water partition coefficient (Wildman–Crippen LogP) is 4.53. The molecule has 0 amide bonds. The minimum absolute atomic E-state index is 0.0146. The molecule has 4 rings (SSSR count). The minimum atomic E-state index is -0.0146. The van der Waals surface area contributed by atoms with Gasteiger partial charge in [0.1, 0.15) is 0 Å². The summed E-state index contributed by atoms with van der Waals surface area (Å²) in [6.45, 7) is 2.26. The first-order valence-electron chi connectivity index (χ1n) is 7.87. The van der Waals surface area contributed by atoms with Gasteiger partial charge in [0.05, 0.1) is 3.92 Å². The predicted molar refractivity (Wildman–Crippen MR) is 89.3 cm³/mol. The van der Waals surface area contributed by atoms with Gasteiger partial charge in [-0.05, 0) is 61.0 Å². The van der Waals surface area contributed by atoms with Crippen molar-refractivity contribution >= 4 is 28.4 Å². The summed E-state index contributed by atoms with van der Waals surface area (Å²) in [5.41, 5.74) is 3.14. The van der Waals surface area contributed by atoms with Crippen LogP contribution in [0.25, 0.3) is 0 Å². The van der Waals surface area contributed by atoms with Crippen LogP contribution in [0.3, 0.4) is 0 Å². The van der Waals surface area contributed by atoms with Crippen LogP contribution in [-0.4, -0.2) is 9.71 Å². The molecule has 2 heteroatoms. The van der Waals surface area contributed by atoms with Crippen molar-refractivity contribution in [2.24, 2.45) is 17.3 Å². The summed E-state index contributed by atoms with van der Waals surface area (Å²) in [6.07, 6.45) is 5.94. The molecule has 3 aliphatic carbocycles. The highest BCUT2D eigenvalue weighted by molar-refractivity contribution is 14.1. The molecule has 0 saturated heterocycles. The zero-order chi connectivity index (χ0) is 13.9. The third kappa shape index (κ3) is 1.69. The first-order chi connectivity index (χ1) is 9.61. The van der Waals surface area contributed by atoms with E-state index in [0.717, 1.165) is 18.8 Å². The van der Waals surface area contributed by atoms with Crippen LogP contribution in [0, 0.1) is 17.3 Å². The molecule has 2 fully saturated rings. The van der Waals surface area contributed by atoms with Crippen LogP contribution in [0.5, 0.6) is 0 Å². The van der Waals surface area contributed by atoms with Crippen molar-refractivity contribution in [2.45, 2.75) is 48.9 Å². The van der Waals surface area contributed by atoms with Gasteiger partial charge < -0.3 is 0 Å². The lowest BCUT2D eigenvalue weighted by Gasteiger charge is -2.48. The Morgan fingerprint density at radius 2 is 2.05 bits per heavy atom. The summed E-state index contributed by atoms with van der Waals surface area (Å²) in [4.78, 5) is 12.6. The Kier molecular flexibility index (Phi) is 3.03. The van der Waals surface area contributed by atoms with Crippen LogP contribution in [0.2, 0.25) is 0 Å². The molecule has 5 atom stereocenters. The van der Waals surface area contributed by atoms with Crippen LogP contribution >= 0.6 is 22.6 Å². The molecule has 0 unspecified atom stereocenters. The Balaban J connectivity index is 1.74. The second-order valence-electron chi connectivity index (χ2n) is 7.14. The number of hydrogen-bond donors (Lipinski definition) is 0. The number of aryl methyl sites for hydroxylation is 1. The number of rotatable bonds is 0. The number of hydrogen-bond acceptors (Lipinski definition) is 1. The molecule has 1 nitrogen and oxygen atoms in total. The van der Waals surface area contributed by atoms with Crippen LogP contribution in [0.4, 0.5) is 0 Å². The largest absolute Gasteiger partial charge is 0.298 e. The van der Waals surface area contributed by atoms with Crippen molar-refractivity contribution in [3.05, 3.63) is 35.4 Å². The molecule has 0 bridgehead atoms. The molecule has 2 saturated carbocycles.